The molecule has 6 heteroatoms. The monoisotopic (exact) mass is 284 g/mol. The second kappa shape index (κ2) is 7.69. The minimum atomic E-state index is -1.34. The highest BCUT2D eigenvalue weighted by atomic mass is 19.1. The molecule has 0 radical (unpaired) electrons. The van der Waals surface area contributed by atoms with Crippen LogP contribution in [-0.2, 0) is 4.74 Å². The van der Waals surface area contributed by atoms with Gasteiger partial charge in [-0.3, -0.25) is 0 Å². The van der Waals surface area contributed by atoms with Gasteiger partial charge in [-0.25, -0.2) is 9.18 Å². The smallest absolute Gasteiger partial charge is 0.338 e. The number of anilines is 2. The molecule has 0 aliphatic heterocycles. The van der Waals surface area contributed by atoms with Crippen LogP contribution >= 0.6 is 0 Å². The Kier molecular flexibility index (Phi) is 6.24. The Morgan fingerprint density at radius 1 is 1.45 bits per heavy atom. The van der Waals surface area contributed by atoms with Crippen LogP contribution in [0.4, 0.5) is 15.8 Å². The maximum atomic E-state index is 13.5. The lowest BCUT2D eigenvalue weighted by Gasteiger charge is -2.11. The van der Waals surface area contributed by atoms with Gasteiger partial charge < -0.3 is 20.9 Å². The minimum absolute atomic E-state index is 0.200. The molecule has 0 atom stereocenters. The van der Waals surface area contributed by atoms with Crippen molar-refractivity contribution in [2.24, 2.45) is 5.92 Å². The van der Waals surface area contributed by atoms with Crippen LogP contribution in [0.5, 0.6) is 0 Å². The third kappa shape index (κ3) is 5.05. The van der Waals surface area contributed by atoms with Crippen LogP contribution < -0.4 is 11.1 Å². The molecule has 0 saturated heterocycles. The van der Waals surface area contributed by atoms with Gasteiger partial charge in [-0.05, 0) is 24.5 Å². The topological polar surface area (TPSA) is 84.6 Å². The van der Waals surface area contributed by atoms with Crippen molar-refractivity contribution >= 4 is 17.3 Å². The number of nitrogens with two attached hydrogens (primary N) is 1. The lowest BCUT2D eigenvalue weighted by Crippen LogP contribution is -2.13. The fourth-order valence-electron chi connectivity index (χ4n) is 1.59. The molecular weight excluding hydrogens is 263 g/mol. The Morgan fingerprint density at radius 3 is 2.75 bits per heavy atom. The quantitative estimate of drug-likeness (QED) is 0.504. The van der Waals surface area contributed by atoms with E-state index < -0.39 is 17.3 Å². The molecule has 5 nitrogen and oxygen atoms in total. The average molecular weight is 284 g/mol. The SMILES string of the molecule is CC(C)CCOCCNc1cc(F)c(C(=O)O)cc1N. The molecule has 0 bridgehead atoms. The normalized spacial score (nSPS) is 10.8. The van der Waals surface area contributed by atoms with Crippen molar-refractivity contribution in [3.05, 3.63) is 23.5 Å². The van der Waals surface area contributed by atoms with Crippen molar-refractivity contribution in [1.82, 2.24) is 0 Å². The highest BCUT2D eigenvalue weighted by Gasteiger charge is 2.13. The molecule has 1 aromatic rings. The van der Waals surface area contributed by atoms with Gasteiger partial charge in [-0.15, -0.1) is 0 Å². The molecule has 0 unspecified atom stereocenters. The van der Waals surface area contributed by atoms with Crippen LogP contribution in [0, 0.1) is 11.7 Å². The number of hydrogen-bond donors (Lipinski definition) is 3. The van der Waals surface area contributed by atoms with Crippen LogP contribution in [0.25, 0.3) is 0 Å². The number of carbonyl (C=O) groups is 1. The van der Waals surface area contributed by atoms with E-state index in [1.54, 1.807) is 0 Å². The van der Waals surface area contributed by atoms with Gasteiger partial charge in [0.1, 0.15) is 5.82 Å². The number of hydrogen-bond acceptors (Lipinski definition) is 4. The zero-order valence-corrected chi connectivity index (χ0v) is 11.8. The summed E-state index contributed by atoms with van der Waals surface area (Å²) < 4.78 is 18.9. The Morgan fingerprint density at radius 2 is 2.15 bits per heavy atom. The molecule has 112 valence electrons. The van der Waals surface area contributed by atoms with Gasteiger partial charge in [0.05, 0.1) is 23.5 Å². The summed E-state index contributed by atoms with van der Waals surface area (Å²) in [6.07, 6.45) is 0.990. The Labute approximate surface area is 117 Å². The van der Waals surface area contributed by atoms with Gasteiger partial charge in [-0.1, -0.05) is 13.8 Å². The zero-order chi connectivity index (χ0) is 15.1. The van der Waals surface area contributed by atoms with E-state index >= 15 is 0 Å². The summed E-state index contributed by atoms with van der Waals surface area (Å²) in [4.78, 5) is 10.7. The van der Waals surface area contributed by atoms with Crippen LogP contribution in [0.15, 0.2) is 12.1 Å². The molecule has 4 N–H and O–H groups in total. The Balaban J connectivity index is 2.45. The van der Waals surface area contributed by atoms with E-state index in [2.05, 4.69) is 19.2 Å². The summed E-state index contributed by atoms with van der Waals surface area (Å²) >= 11 is 0. The van der Waals surface area contributed by atoms with Crippen molar-refractivity contribution in [2.75, 3.05) is 30.8 Å². The molecule has 1 aromatic carbocycles. The number of benzene rings is 1. The summed E-state index contributed by atoms with van der Waals surface area (Å²) in [5.41, 5.74) is 5.82. The molecule has 0 spiro atoms. The first-order chi connectivity index (χ1) is 9.41. The third-order valence-corrected chi connectivity index (χ3v) is 2.77. The fourth-order valence-corrected chi connectivity index (χ4v) is 1.59. The van der Waals surface area contributed by atoms with Crippen LogP contribution in [-0.4, -0.2) is 30.8 Å². The van der Waals surface area contributed by atoms with Gasteiger partial charge in [0.25, 0.3) is 0 Å². The Hall–Kier alpha value is -1.82. The van der Waals surface area contributed by atoms with Crippen molar-refractivity contribution in [1.29, 1.82) is 0 Å². The molecule has 0 aromatic heterocycles. The number of nitrogens with one attached hydrogen (secondary N) is 1. The third-order valence-electron chi connectivity index (χ3n) is 2.77. The zero-order valence-electron chi connectivity index (χ0n) is 11.8. The minimum Gasteiger partial charge on any atom is -0.478 e. The number of carboxylic acid groups (broad SMARTS) is 1. The van der Waals surface area contributed by atoms with Gasteiger partial charge in [0.15, 0.2) is 0 Å². The van der Waals surface area contributed by atoms with Gasteiger partial charge in [-0.2, -0.15) is 0 Å². The largest absolute Gasteiger partial charge is 0.478 e. The first-order valence-corrected chi connectivity index (χ1v) is 6.55. The number of carboxylic acids is 1. The van der Waals surface area contributed by atoms with Gasteiger partial charge in [0.2, 0.25) is 0 Å². The maximum Gasteiger partial charge on any atom is 0.338 e. The number of nitrogen functional groups attached to an aromatic ring is 1. The molecule has 0 aliphatic carbocycles. The van der Waals surface area contributed by atoms with E-state index in [0.29, 0.717) is 31.4 Å². The first-order valence-electron chi connectivity index (χ1n) is 6.55. The standard InChI is InChI=1S/C14H21FN2O3/c1-9(2)3-5-20-6-4-17-13-8-11(15)10(14(18)19)7-12(13)16/h7-9,17H,3-6,16H2,1-2H3,(H,18,19). The lowest BCUT2D eigenvalue weighted by atomic mass is 10.1. The van der Waals surface area contributed by atoms with Gasteiger partial charge >= 0.3 is 5.97 Å². The van der Waals surface area contributed by atoms with E-state index in [4.69, 9.17) is 15.6 Å². The number of ether oxygens (including phenoxy) is 1. The highest BCUT2D eigenvalue weighted by molar-refractivity contribution is 5.90. The molecule has 0 aliphatic rings. The molecule has 0 amide bonds. The number of aromatic carboxylic acids is 1. The van der Waals surface area contributed by atoms with Crippen LogP contribution in [0.2, 0.25) is 0 Å². The van der Waals surface area contributed by atoms with Crippen molar-refractivity contribution < 1.29 is 19.0 Å². The van der Waals surface area contributed by atoms with Gasteiger partial charge in [0, 0.05) is 13.2 Å². The summed E-state index contributed by atoms with van der Waals surface area (Å²) in [5, 5.41) is 11.7. The average Bonchev–Trinajstić information content (AvgIpc) is 2.36. The van der Waals surface area contributed by atoms with E-state index in [1.807, 2.05) is 0 Å². The second-order valence-electron chi connectivity index (χ2n) is 4.95. The second-order valence-corrected chi connectivity index (χ2v) is 4.95. The first kappa shape index (κ1) is 16.2. The summed E-state index contributed by atoms with van der Waals surface area (Å²) in [7, 11) is 0. The van der Waals surface area contributed by atoms with Crippen molar-refractivity contribution in [2.45, 2.75) is 20.3 Å². The Bertz CT molecular complexity index is 464. The van der Waals surface area contributed by atoms with Crippen LogP contribution in [0.3, 0.4) is 0 Å². The molecule has 0 fully saturated rings. The summed E-state index contributed by atoms with van der Waals surface area (Å²) in [5.74, 6) is -1.55. The van der Waals surface area contributed by atoms with E-state index in [0.717, 1.165) is 18.6 Å². The molecule has 0 heterocycles. The molecular formula is C14H21FN2O3. The highest BCUT2D eigenvalue weighted by Crippen LogP contribution is 2.22. The number of halogens is 1. The molecule has 0 saturated carbocycles. The van der Waals surface area contributed by atoms with E-state index in [-0.39, 0.29) is 5.69 Å². The fraction of sp³-hybridized carbons (Fsp3) is 0.500. The van der Waals surface area contributed by atoms with Crippen molar-refractivity contribution in [3.63, 3.8) is 0 Å². The molecule has 20 heavy (non-hydrogen) atoms. The lowest BCUT2D eigenvalue weighted by molar-refractivity contribution is 0.0692. The predicted molar refractivity (Wildman–Crippen MR) is 76.5 cm³/mol. The number of rotatable bonds is 8. The van der Waals surface area contributed by atoms with E-state index in [1.165, 1.54) is 0 Å². The molecule has 1 rings (SSSR count). The maximum absolute atomic E-state index is 13.5. The van der Waals surface area contributed by atoms with Crippen LogP contribution in [0.1, 0.15) is 30.6 Å². The summed E-state index contributed by atoms with van der Waals surface area (Å²) in [6.45, 7) is 5.88. The predicted octanol–water partition coefficient (Wildman–Crippen LogP) is 2.58. The summed E-state index contributed by atoms with van der Waals surface area (Å²) in [6, 6.07) is 2.20. The van der Waals surface area contributed by atoms with E-state index in [9.17, 15) is 9.18 Å². The van der Waals surface area contributed by atoms with Crippen molar-refractivity contribution in [3.8, 4) is 0 Å².